The van der Waals surface area contributed by atoms with Crippen LogP contribution in [0.5, 0.6) is 0 Å². The molecule has 0 radical (unpaired) electrons. The third-order valence-corrected chi connectivity index (χ3v) is 3.81. The Labute approximate surface area is 129 Å². The first-order valence-electron chi connectivity index (χ1n) is 6.74. The van der Waals surface area contributed by atoms with Gasteiger partial charge in [-0.05, 0) is 37.1 Å². The van der Waals surface area contributed by atoms with Crippen LogP contribution < -0.4 is 5.73 Å². The number of rotatable bonds is 2. The number of benzene rings is 2. The summed E-state index contributed by atoms with van der Waals surface area (Å²) < 4.78 is 1.76. The first kappa shape index (κ1) is 13.7. The molecule has 3 aromatic rings. The summed E-state index contributed by atoms with van der Waals surface area (Å²) in [6.45, 7) is 4.10. The Morgan fingerprint density at radius 3 is 2.57 bits per heavy atom. The van der Waals surface area contributed by atoms with Crippen molar-refractivity contribution in [1.29, 1.82) is 0 Å². The summed E-state index contributed by atoms with van der Waals surface area (Å²) in [5.74, 6) is 0.596. The lowest BCUT2D eigenvalue weighted by Crippen LogP contribution is -2.04. The lowest BCUT2D eigenvalue weighted by Gasteiger charge is -2.08. The number of hydrogen-bond donors (Lipinski definition) is 1. The van der Waals surface area contributed by atoms with Gasteiger partial charge in [0.05, 0.1) is 16.4 Å². The van der Waals surface area contributed by atoms with Crippen LogP contribution in [0.15, 0.2) is 48.5 Å². The minimum Gasteiger partial charge on any atom is -0.384 e. The molecule has 0 unspecified atom stereocenters. The van der Waals surface area contributed by atoms with Crippen LogP contribution in [-0.2, 0) is 0 Å². The molecule has 0 fully saturated rings. The molecule has 0 aliphatic carbocycles. The van der Waals surface area contributed by atoms with Gasteiger partial charge in [0, 0.05) is 11.6 Å². The van der Waals surface area contributed by atoms with E-state index >= 15 is 0 Å². The maximum Gasteiger partial charge on any atom is 0.127 e. The molecule has 0 aliphatic heterocycles. The highest BCUT2D eigenvalue weighted by atomic mass is 35.5. The number of nitrogen functional groups attached to an aromatic ring is 1. The Morgan fingerprint density at radius 2 is 1.81 bits per heavy atom. The molecule has 4 heteroatoms. The second kappa shape index (κ2) is 5.26. The molecule has 3 nitrogen and oxygen atoms in total. The molecule has 0 saturated carbocycles. The fraction of sp³-hybridized carbons (Fsp3) is 0.118. The summed E-state index contributed by atoms with van der Waals surface area (Å²) in [6, 6.07) is 15.7. The van der Waals surface area contributed by atoms with Crippen LogP contribution in [0.25, 0.3) is 16.9 Å². The van der Waals surface area contributed by atoms with Gasteiger partial charge in [0.1, 0.15) is 5.82 Å². The van der Waals surface area contributed by atoms with E-state index in [0.29, 0.717) is 10.8 Å². The first-order chi connectivity index (χ1) is 10.1. The van der Waals surface area contributed by atoms with Gasteiger partial charge in [-0.1, -0.05) is 41.9 Å². The van der Waals surface area contributed by atoms with Crippen LogP contribution in [0.3, 0.4) is 0 Å². The van der Waals surface area contributed by atoms with Crippen molar-refractivity contribution < 1.29 is 0 Å². The van der Waals surface area contributed by atoms with E-state index in [1.54, 1.807) is 4.68 Å². The van der Waals surface area contributed by atoms with Gasteiger partial charge in [0.2, 0.25) is 0 Å². The van der Waals surface area contributed by atoms with Crippen LogP contribution in [0.4, 0.5) is 5.82 Å². The van der Waals surface area contributed by atoms with Crippen LogP contribution in [0.2, 0.25) is 5.02 Å². The standard InChI is InChI=1S/C17H16ClN3/c1-11-7-8-12(2)16(9-11)21-17(19)10-15(20-21)13-5-3-4-6-14(13)18/h3-10H,19H2,1-2H3. The summed E-state index contributed by atoms with van der Waals surface area (Å²) in [5, 5.41) is 5.29. The quantitative estimate of drug-likeness (QED) is 0.762. The summed E-state index contributed by atoms with van der Waals surface area (Å²) in [4.78, 5) is 0. The van der Waals surface area contributed by atoms with Gasteiger partial charge < -0.3 is 5.73 Å². The zero-order valence-corrected chi connectivity index (χ0v) is 12.7. The van der Waals surface area contributed by atoms with Crippen molar-refractivity contribution in [2.45, 2.75) is 13.8 Å². The molecule has 0 amide bonds. The molecule has 21 heavy (non-hydrogen) atoms. The van der Waals surface area contributed by atoms with E-state index in [4.69, 9.17) is 17.3 Å². The van der Waals surface area contributed by atoms with Crippen LogP contribution in [-0.4, -0.2) is 9.78 Å². The second-order valence-corrected chi connectivity index (χ2v) is 5.54. The number of aromatic nitrogens is 2. The molecule has 0 aliphatic rings. The Morgan fingerprint density at radius 1 is 1.05 bits per heavy atom. The molecule has 0 saturated heterocycles. The average molecular weight is 298 g/mol. The highest BCUT2D eigenvalue weighted by Crippen LogP contribution is 2.29. The van der Waals surface area contributed by atoms with E-state index in [9.17, 15) is 0 Å². The van der Waals surface area contributed by atoms with Gasteiger partial charge in [-0.3, -0.25) is 0 Å². The third kappa shape index (κ3) is 2.52. The average Bonchev–Trinajstić information content (AvgIpc) is 2.84. The maximum atomic E-state index is 6.23. The highest BCUT2D eigenvalue weighted by molar-refractivity contribution is 6.33. The molecule has 106 valence electrons. The smallest absolute Gasteiger partial charge is 0.127 e. The Balaban J connectivity index is 2.15. The van der Waals surface area contributed by atoms with Gasteiger partial charge >= 0.3 is 0 Å². The summed E-state index contributed by atoms with van der Waals surface area (Å²) in [5.41, 5.74) is 11.1. The lowest BCUT2D eigenvalue weighted by molar-refractivity contribution is 0.885. The molecule has 2 aromatic carbocycles. The Bertz CT molecular complexity index is 806. The van der Waals surface area contributed by atoms with Gasteiger partial charge in [0.25, 0.3) is 0 Å². The van der Waals surface area contributed by atoms with E-state index in [-0.39, 0.29) is 0 Å². The topological polar surface area (TPSA) is 43.8 Å². The van der Waals surface area contributed by atoms with Crippen molar-refractivity contribution in [3.63, 3.8) is 0 Å². The zero-order chi connectivity index (χ0) is 15.0. The molecule has 0 atom stereocenters. The lowest BCUT2D eigenvalue weighted by atomic mass is 10.1. The summed E-state index contributed by atoms with van der Waals surface area (Å²) in [6.07, 6.45) is 0. The predicted octanol–water partition coefficient (Wildman–Crippen LogP) is 4.39. The van der Waals surface area contributed by atoms with Crippen molar-refractivity contribution in [3.05, 3.63) is 64.7 Å². The molecule has 0 bridgehead atoms. The largest absolute Gasteiger partial charge is 0.384 e. The highest BCUT2D eigenvalue weighted by Gasteiger charge is 2.12. The van der Waals surface area contributed by atoms with Gasteiger partial charge in [-0.2, -0.15) is 5.10 Å². The van der Waals surface area contributed by atoms with E-state index in [2.05, 4.69) is 30.2 Å². The first-order valence-corrected chi connectivity index (χ1v) is 7.12. The van der Waals surface area contributed by atoms with Crippen molar-refractivity contribution in [1.82, 2.24) is 9.78 Å². The zero-order valence-electron chi connectivity index (χ0n) is 12.0. The molecular formula is C17H16ClN3. The fourth-order valence-electron chi connectivity index (χ4n) is 2.34. The molecule has 3 rings (SSSR count). The number of halogens is 1. The Kier molecular flexibility index (Phi) is 3.43. The third-order valence-electron chi connectivity index (χ3n) is 3.48. The van der Waals surface area contributed by atoms with E-state index < -0.39 is 0 Å². The number of aryl methyl sites for hydroxylation is 2. The molecule has 1 aromatic heterocycles. The maximum absolute atomic E-state index is 6.23. The minimum absolute atomic E-state index is 0.596. The molecule has 0 spiro atoms. The molecule has 2 N–H and O–H groups in total. The van der Waals surface area contributed by atoms with Gasteiger partial charge in [-0.15, -0.1) is 0 Å². The molecular weight excluding hydrogens is 282 g/mol. The predicted molar refractivity (Wildman–Crippen MR) is 87.9 cm³/mol. The van der Waals surface area contributed by atoms with Gasteiger partial charge in [0.15, 0.2) is 0 Å². The SMILES string of the molecule is Cc1ccc(C)c(-n2nc(-c3ccccc3Cl)cc2N)c1. The van der Waals surface area contributed by atoms with Crippen molar-refractivity contribution in [3.8, 4) is 16.9 Å². The van der Waals surface area contributed by atoms with Crippen LogP contribution in [0.1, 0.15) is 11.1 Å². The number of hydrogen-bond acceptors (Lipinski definition) is 2. The normalized spacial score (nSPS) is 10.8. The fourth-order valence-corrected chi connectivity index (χ4v) is 2.57. The number of nitrogens with zero attached hydrogens (tertiary/aromatic N) is 2. The molecule has 1 heterocycles. The second-order valence-electron chi connectivity index (χ2n) is 5.14. The minimum atomic E-state index is 0.596. The van der Waals surface area contributed by atoms with E-state index in [1.807, 2.05) is 37.3 Å². The van der Waals surface area contributed by atoms with Crippen molar-refractivity contribution in [2.75, 3.05) is 5.73 Å². The van der Waals surface area contributed by atoms with Gasteiger partial charge in [-0.25, -0.2) is 4.68 Å². The van der Waals surface area contributed by atoms with E-state index in [1.165, 1.54) is 5.56 Å². The number of anilines is 1. The Hall–Kier alpha value is -2.26. The van der Waals surface area contributed by atoms with Crippen LogP contribution in [0, 0.1) is 13.8 Å². The monoisotopic (exact) mass is 297 g/mol. The van der Waals surface area contributed by atoms with Crippen molar-refractivity contribution in [2.24, 2.45) is 0 Å². The summed E-state index contributed by atoms with van der Waals surface area (Å²) in [7, 11) is 0. The van der Waals surface area contributed by atoms with Crippen LogP contribution >= 0.6 is 11.6 Å². The number of nitrogens with two attached hydrogens (primary N) is 1. The van der Waals surface area contributed by atoms with E-state index in [0.717, 1.165) is 22.5 Å². The van der Waals surface area contributed by atoms with Crippen molar-refractivity contribution >= 4 is 17.4 Å². The summed E-state index contributed by atoms with van der Waals surface area (Å²) >= 11 is 6.23.